The van der Waals surface area contributed by atoms with Gasteiger partial charge in [-0.3, -0.25) is 9.69 Å². The summed E-state index contributed by atoms with van der Waals surface area (Å²) in [5.74, 6) is 1.07. The number of nitrogens with one attached hydrogen (secondary N) is 1. The van der Waals surface area contributed by atoms with Crippen LogP contribution < -0.4 is 10.1 Å². The number of piperidine rings is 1. The Balaban J connectivity index is 1.34. The Morgan fingerprint density at radius 1 is 1.03 bits per heavy atom. The molecule has 1 amide bonds. The van der Waals surface area contributed by atoms with Crippen molar-refractivity contribution in [3.8, 4) is 5.75 Å². The maximum absolute atomic E-state index is 12.7. The third kappa shape index (κ3) is 5.79. The molecule has 5 nitrogen and oxygen atoms in total. The highest BCUT2D eigenvalue weighted by Crippen LogP contribution is 2.38. The molecule has 2 atom stereocenters. The molecule has 178 valence electrons. The van der Waals surface area contributed by atoms with Gasteiger partial charge < -0.3 is 14.8 Å². The Kier molecular flexibility index (Phi) is 8.10. The zero-order chi connectivity index (χ0) is 23.4. The molecule has 0 saturated carbocycles. The molecule has 1 N–H and O–H groups in total. The van der Waals surface area contributed by atoms with Gasteiger partial charge in [-0.25, -0.2) is 0 Å². The molecule has 2 aliphatic heterocycles. The van der Waals surface area contributed by atoms with Crippen molar-refractivity contribution in [1.29, 1.82) is 0 Å². The van der Waals surface area contributed by atoms with Crippen LogP contribution in [0.25, 0.3) is 0 Å². The largest absolute Gasteiger partial charge is 0.491 e. The number of methoxy groups -OCH3 is 1. The number of fused-ring (bicyclic) bond motifs is 2. The van der Waals surface area contributed by atoms with E-state index in [1.807, 2.05) is 24.3 Å². The fraction of sp³-hybridized carbons (Fsp3) is 0.519. The first kappa shape index (κ1) is 24.2. The monoisotopic (exact) mass is 514 g/mol. The number of hydrogen-bond acceptors (Lipinski definition) is 4. The van der Waals surface area contributed by atoms with E-state index in [4.69, 9.17) is 9.47 Å². The molecule has 2 fully saturated rings. The summed E-state index contributed by atoms with van der Waals surface area (Å²) in [4.78, 5) is 15.4. The molecule has 0 radical (unpaired) electrons. The number of halogens is 1. The molecule has 4 rings (SSSR count). The lowest BCUT2D eigenvalue weighted by molar-refractivity contribution is -0.121. The first-order valence-electron chi connectivity index (χ1n) is 12.0. The third-order valence-corrected chi connectivity index (χ3v) is 8.08. The second-order valence-corrected chi connectivity index (χ2v) is 10.2. The van der Waals surface area contributed by atoms with Crippen LogP contribution in [0, 0.1) is 13.8 Å². The lowest BCUT2D eigenvalue weighted by Gasteiger charge is -2.39. The van der Waals surface area contributed by atoms with E-state index in [0.717, 1.165) is 35.2 Å². The van der Waals surface area contributed by atoms with E-state index < -0.39 is 0 Å². The smallest absolute Gasteiger partial charge is 0.224 e. The van der Waals surface area contributed by atoms with E-state index in [1.165, 1.54) is 29.5 Å². The van der Waals surface area contributed by atoms with Gasteiger partial charge in [0.15, 0.2) is 0 Å². The molecule has 2 aliphatic rings. The molecule has 6 heteroatoms. The SMILES string of the molecule is COCCOc1ccc(CN2C3CCC2CC(NC(=O)Cc2ccccc2Br)C3)c(C)c1C. The van der Waals surface area contributed by atoms with E-state index in [1.54, 1.807) is 7.11 Å². The van der Waals surface area contributed by atoms with Crippen LogP contribution in [0.2, 0.25) is 0 Å². The van der Waals surface area contributed by atoms with Gasteiger partial charge in [0.1, 0.15) is 12.4 Å². The minimum atomic E-state index is 0.121. The number of carbonyl (C=O) groups excluding carboxylic acids is 1. The van der Waals surface area contributed by atoms with Crippen molar-refractivity contribution in [1.82, 2.24) is 10.2 Å². The summed E-state index contributed by atoms with van der Waals surface area (Å²) in [6, 6.07) is 13.6. The molecule has 2 heterocycles. The molecule has 2 aromatic rings. The average Bonchev–Trinajstić information content (AvgIpc) is 3.02. The minimum Gasteiger partial charge on any atom is -0.491 e. The van der Waals surface area contributed by atoms with Crippen LogP contribution in [0.15, 0.2) is 40.9 Å². The van der Waals surface area contributed by atoms with Crippen LogP contribution in [-0.2, 0) is 22.5 Å². The van der Waals surface area contributed by atoms with E-state index in [9.17, 15) is 4.79 Å². The van der Waals surface area contributed by atoms with Gasteiger partial charge in [0, 0.05) is 36.3 Å². The lowest BCUT2D eigenvalue weighted by atomic mass is 9.95. The second-order valence-electron chi connectivity index (χ2n) is 9.38. The van der Waals surface area contributed by atoms with Crippen molar-refractivity contribution in [3.05, 3.63) is 63.1 Å². The van der Waals surface area contributed by atoms with Gasteiger partial charge in [0.2, 0.25) is 5.91 Å². The van der Waals surface area contributed by atoms with Crippen LogP contribution in [0.1, 0.15) is 47.9 Å². The summed E-state index contributed by atoms with van der Waals surface area (Å²) in [7, 11) is 1.69. The van der Waals surface area contributed by atoms with Crippen LogP contribution in [-0.4, -0.2) is 49.3 Å². The average molecular weight is 515 g/mol. The van der Waals surface area contributed by atoms with Crippen molar-refractivity contribution in [2.75, 3.05) is 20.3 Å². The predicted octanol–water partition coefficient (Wildman–Crippen LogP) is 4.95. The normalized spacial score (nSPS) is 22.4. The van der Waals surface area contributed by atoms with Crippen molar-refractivity contribution in [3.63, 3.8) is 0 Å². The molecule has 0 aromatic heterocycles. The molecule has 2 saturated heterocycles. The fourth-order valence-corrected chi connectivity index (χ4v) is 5.78. The topological polar surface area (TPSA) is 50.8 Å². The standard InChI is InChI=1S/C27H35BrN2O3/c1-18-19(2)26(33-13-12-32-3)11-8-21(18)17-30-23-9-10-24(30)16-22(15-23)29-27(31)14-20-6-4-5-7-25(20)28/h4-8,11,22-24H,9-10,12-17H2,1-3H3,(H,29,31). The zero-order valence-electron chi connectivity index (χ0n) is 19.9. The summed E-state index contributed by atoms with van der Waals surface area (Å²) >= 11 is 3.55. The van der Waals surface area contributed by atoms with E-state index in [2.05, 4.69) is 52.1 Å². The summed E-state index contributed by atoms with van der Waals surface area (Å²) in [6.45, 7) is 6.48. The van der Waals surface area contributed by atoms with Gasteiger partial charge in [-0.2, -0.15) is 0 Å². The molecule has 33 heavy (non-hydrogen) atoms. The van der Waals surface area contributed by atoms with Gasteiger partial charge >= 0.3 is 0 Å². The number of amides is 1. The maximum Gasteiger partial charge on any atom is 0.224 e. The van der Waals surface area contributed by atoms with Gasteiger partial charge in [0.05, 0.1) is 13.0 Å². The van der Waals surface area contributed by atoms with Crippen molar-refractivity contribution < 1.29 is 14.3 Å². The summed E-state index contributed by atoms with van der Waals surface area (Å²) in [5, 5.41) is 3.32. The Morgan fingerprint density at radius 3 is 2.45 bits per heavy atom. The molecular weight excluding hydrogens is 480 g/mol. The maximum atomic E-state index is 12.7. The van der Waals surface area contributed by atoms with E-state index in [-0.39, 0.29) is 11.9 Å². The summed E-state index contributed by atoms with van der Waals surface area (Å²) in [5.41, 5.74) is 4.94. The first-order chi connectivity index (χ1) is 16.0. The van der Waals surface area contributed by atoms with E-state index in [0.29, 0.717) is 31.7 Å². The van der Waals surface area contributed by atoms with E-state index >= 15 is 0 Å². The summed E-state index contributed by atoms with van der Waals surface area (Å²) in [6.07, 6.45) is 4.94. The van der Waals surface area contributed by atoms with Gasteiger partial charge in [0.25, 0.3) is 0 Å². The number of benzene rings is 2. The molecule has 2 aromatic carbocycles. The summed E-state index contributed by atoms with van der Waals surface area (Å²) < 4.78 is 12.0. The number of rotatable bonds is 9. The lowest BCUT2D eigenvalue weighted by Crippen LogP contribution is -2.50. The van der Waals surface area contributed by atoms with Crippen molar-refractivity contribution in [2.24, 2.45) is 0 Å². The Morgan fingerprint density at radius 2 is 1.76 bits per heavy atom. The van der Waals surface area contributed by atoms with Gasteiger partial charge in [-0.15, -0.1) is 0 Å². The van der Waals surface area contributed by atoms with Crippen molar-refractivity contribution >= 4 is 21.8 Å². The van der Waals surface area contributed by atoms with Crippen LogP contribution in [0.5, 0.6) is 5.75 Å². The van der Waals surface area contributed by atoms with Crippen molar-refractivity contribution in [2.45, 2.75) is 70.6 Å². The Labute approximate surface area is 206 Å². The molecular formula is C27H35BrN2O3. The molecule has 2 unspecified atom stereocenters. The highest BCUT2D eigenvalue weighted by atomic mass is 79.9. The molecule has 0 spiro atoms. The molecule has 2 bridgehead atoms. The second kappa shape index (κ2) is 11.0. The molecule has 0 aliphatic carbocycles. The van der Waals surface area contributed by atoms with Crippen LogP contribution >= 0.6 is 15.9 Å². The number of nitrogens with zero attached hydrogens (tertiary/aromatic N) is 1. The van der Waals surface area contributed by atoms with Crippen LogP contribution in [0.4, 0.5) is 0 Å². The highest BCUT2D eigenvalue weighted by molar-refractivity contribution is 9.10. The van der Waals surface area contributed by atoms with Gasteiger partial charge in [-0.1, -0.05) is 40.2 Å². The zero-order valence-corrected chi connectivity index (χ0v) is 21.5. The van der Waals surface area contributed by atoms with Gasteiger partial charge in [-0.05, 0) is 73.9 Å². The Bertz CT molecular complexity index is 966. The highest BCUT2D eigenvalue weighted by Gasteiger charge is 2.41. The van der Waals surface area contributed by atoms with Crippen LogP contribution in [0.3, 0.4) is 0 Å². The number of hydrogen-bond donors (Lipinski definition) is 1. The Hall–Kier alpha value is -1.89. The number of ether oxygens (including phenoxy) is 2. The fourth-order valence-electron chi connectivity index (χ4n) is 5.35. The quantitative estimate of drug-likeness (QED) is 0.481. The third-order valence-electron chi connectivity index (χ3n) is 7.31. The predicted molar refractivity (Wildman–Crippen MR) is 135 cm³/mol. The first-order valence-corrected chi connectivity index (χ1v) is 12.7. The number of carbonyl (C=O) groups is 1. The minimum absolute atomic E-state index is 0.121.